The predicted octanol–water partition coefficient (Wildman–Crippen LogP) is 1.15. The summed E-state index contributed by atoms with van der Waals surface area (Å²) in [5.74, 6) is 0.383. The molecular formula is C14H19NO4. The highest BCUT2D eigenvalue weighted by molar-refractivity contribution is 5.69. The number of phenolic OH excluding ortho intramolecular Hbond substituents is 1. The van der Waals surface area contributed by atoms with E-state index in [4.69, 9.17) is 10.5 Å². The van der Waals surface area contributed by atoms with Crippen LogP contribution in [-0.2, 0) is 22.4 Å². The molecule has 1 aromatic rings. The summed E-state index contributed by atoms with van der Waals surface area (Å²) < 4.78 is 10.0. The lowest BCUT2D eigenvalue weighted by atomic mass is 10.1. The number of rotatable bonds is 5. The van der Waals surface area contributed by atoms with Gasteiger partial charge in [0.1, 0.15) is 0 Å². The van der Waals surface area contributed by atoms with Crippen molar-refractivity contribution in [3.63, 3.8) is 0 Å². The fourth-order valence-electron chi connectivity index (χ4n) is 2.31. The van der Waals surface area contributed by atoms with Crippen molar-refractivity contribution in [3.05, 3.63) is 23.3 Å². The summed E-state index contributed by atoms with van der Waals surface area (Å²) >= 11 is 0. The standard InChI is InChI=1S/C14H19NO4/c1-18-13(16)3-2-6-19-12-5-4-9-7-10(15)8-11(9)14(12)17/h4-5,10,17H,2-3,6-8,15H2,1H3. The van der Waals surface area contributed by atoms with Crippen LogP contribution < -0.4 is 10.5 Å². The van der Waals surface area contributed by atoms with Crippen molar-refractivity contribution in [3.8, 4) is 11.5 Å². The molecule has 0 amide bonds. The van der Waals surface area contributed by atoms with Crippen molar-refractivity contribution in [1.29, 1.82) is 0 Å². The van der Waals surface area contributed by atoms with E-state index in [1.54, 1.807) is 6.07 Å². The van der Waals surface area contributed by atoms with Gasteiger partial charge in [-0.3, -0.25) is 4.79 Å². The number of carbonyl (C=O) groups is 1. The maximum Gasteiger partial charge on any atom is 0.305 e. The molecule has 104 valence electrons. The smallest absolute Gasteiger partial charge is 0.305 e. The third-order valence-electron chi connectivity index (χ3n) is 3.30. The number of fused-ring (bicyclic) bond motifs is 1. The van der Waals surface area contributed by atoms with Gasteiger partial charge in [0.25, 0.3) is 0 Å². The Kier molecular flexibility index (Phi) is 4.27. The Morgan fingerprint density at radius 2 is 2.26 bits per heavy atom. The van der Waals surface area contributed by atoms with E-state index in [0.29, 0.717) is 31.6 Å². The zero-order chi connectivity index (χ0) is 13.8. The van der Waals surface area contributed by atoms with E-state index in [2.05, 4.69) is 4.74 Å². The predicted molar refractivity (Wildman–Crippen MR) is 70.2 cm³/mol. The molecule has 1 aliphatic carbocycles. The zero-order valence-corrected chi connectivity index (χ0v) is 11.0. The van der Waals surface area contributed by atoms with E-state index in [1.165, 1.54) is 7.11 Å². The van der Waals surface area contributed by atoms with Gasteiger partial charge in [0, 0.05) is 18.0 Å². The van der Waals surface area contributed by atoms with E-state index in [0.717, 1.165) is 17.5 Å². The molecule has 0 fully saturated rings. The molecule has 0 bridgehead atoms. The molecule has 0 aliphatic heterocycles. The number of carbonyl (C=O) groups excluding carboxylic acids is 1. The molecule has 1 atom stereocenters. The van der Waals surface area contributed by atoms with Crippen LogP contribution in [0.25, 0.3) is 0 Å². The van der Waals surface area contributed by atoms with Crippen LogP contribution in [-0.4, -0.2) is 30.8 Å². The summed E-state index contributed by atoms with van der Waals surface area (Å²) in [6.07, 6.45) is 2.35. The van der Waals surface area contributed by atoms with Gasteiger partial charge in [0.05, 0.1) is 13.7 Å². The molecule has 1 unspecified atom stereocenters. The first-order valence-electron chi connectivity index (χ1n) is 6.40. The van der Waals surface area contributed by atoms with Crippen molar-refractivity contribution in [2.24, 2.45) is 5.73 Å². The summed E-state index contributed by atoms with van der Waals surface area (Å²) in [4.78, 5) is 10.9. The number of methoxy groups -OCH3 is 1. The normalized spacial score (nSPS) is 17.1. The highest BCUT2D eigenvalue weighted by Gasteiger charge is 2.23. The number of nitrogens with two attached hydrogens (primary N) is 1. The molecule has 0 radical (unpaired) electrons. The minimum Gasteiger partial charge on any atom is -0.504 e. The topological polar surface area (TPSA) is 81.8 Å². The van der Waals surface area contributed by atoms with Crippen LogP contribution in [0.1, 0.15) is 24.0 Å². The fraction of sp³-hybridized carbons (Fsp3) is 0.500. The Morgan fingerprint density at radius 3 is 3.00 bits per heavy atom. The fourth-order valence-corrected chi connectivity index (χ4v) is 2.31. The summed E-state index contributed by atoms with van der Waals surface area (Å²) in [5, 5.41) is 10.1. The van der Waals surface area contributed by atoms with Crippen molar-refractivity contribution in [2.45, 2.75) is 31.7 Å². The van der Waals surface area contributed by atoms with Gasteiger partial charge in [-0.15, -0.1) is 0 Å². The second-order valence-corrected chi connectivity index (χ2v) is 4.75. The van der Waals surface area contributed by atoms with E-state index < -0.39 is 0 Å². The van der Waals surface area contributed by atoms with Crippen LogP contribution >= 0.6 is 0 Å². The first-order chi connectivity index (χ1) is 9.11. The van der Waals surface area contributed by atoms with Gasteiger partial charge in [0.2, 0.25) is 0 Å². The lowest BCUT2D eigenvalue weighted by Crippen LogP contribution is -2.19. The minimum absolute atomic E-state index is 0.0791. The number of benzene rings is 1. The molecule has 0 heterocycles. The largest absolute Gasteiger partial charge is 0.504 e. The summed E-state index contributed by atoms with van der Waals surface area (Å²) in [6.45, 7) is 0.369. The van der Waals surface area contributed by atoms with E-state index in [1.807, 2.05) is 6.07 Å². The average Bonchev–Trinajstić information content (AvgIpc) is 2.78. The summed E-state index contributed by atoms with van der Waals surface area (Å²) in [6, 6.07) is 3.78. The highest BCUT2D eigenvalue weighted by atomic mass is 16.5. The average molecular weight is 265 g/mol. The van der Waals surface area contributed by atoms with E-state index in [9.17, 15) is 9.90 Å². The number of esters is 1. The second-order valence-electron chi connectivity index (χ2n) is 4.75. The van der Waals surface area contributed by atoms with Gasteiger partial charge in [-0.2, -0.15) is 0 Å². The molecule has 3 N–H and O–H groups in total. The SMILES string of the molecule is COC(=O)CCCOc1ccc2c(c1O)CC(N)C2. The van der Waals surface area contributed by atoms with Crippen LogP contribution in [0.15, 0.2) is 12.1 Å². The van der Waals surface area contributed by atoms with Gasteiger partial charge >= 0.3 is 5.97 Å². The number of hydrogen-bond acceptors (Lipinski definition) is 5. The quantitative estimate of drug-likeness (QED) is 0.616. The maximum absolute atomic E-state index is 10.9. The summed E-state index contributed by atoms with van der Waals surface area (Å²) in [7, 11) is 1.36. The van der Waals surface area contributed by atoms with Crippen molar-refractivity contribution < 1.29 is 19.4 Å². The van der Waals surface area contributed by atoms with E-state index in [-0.39, 0.29) is 17.8 Å². The molecule has 5 heteroatoms. The number of aromatic hydroxyl groups is 1. The Morgan fingerprint density at radius 1 is 1.47 bits per heavy atom. The van der Waals surface area contributed by atoms with Gasteiger partial charge in [-0.25, -0.2) is 0 Å². The number of ether oxygens (including phenoxy) is 2. The Hall–Kier alpha value is -1.75. The highest BCUT2D eigenvalue weighted by Crippen LogP contribution is 2.37. The number of hydrogen-bond donors (Lipinski definition) is 2. The Labute approximate surface area is 112 Å². The third-order valence-corrected chi connectivity index (χ3v) is 3.30. The molecule has 0 spiro atoms. The van der Waals surface area contributed by atoms with Crippen LogP contribution in [0.4, 0.5) is 0 Å². The second kappa shape index (κ2) is 5.93. The third kappa shape index (κ3) is 3.17. The first-order valence-corrected chi connectivity index (χ1v) is 6.40. The molecule has 2 rings (SSSR count). The molecular weight excluding hydrogens is 246 g/mol. The maximum atomic E-state index is 10.9. The van der Waals surface area contributed by atoms with Crippen LogP contribution in [0.3, 0.4) is 0 Å². The van der Waals surface area contributed by atoms with Crippen LogP contribution in [0.2, 0.25) is 0 Å². The van der Waals surface area contributed by atoms with Gasteiger partial charge in [0.15, 0.2) is 11.5 Å². The molecule has 0 saturated heterocycles. The molecule has 0 aromatic heterocycles. The molecule has 0 saturated carbocycles. The zero-order valence-electron chi connectivity index (χ0n) is 11.0. The van der Waals surface area contributed by atoms with Gasteiger partial charge in [-0.05, 0) is 30.9 Å². The monoisotopic (exact) mass is 265 g/mol. The minimum atomic E-state index is -0.257. The van der Waals surface area contributed by atoms with Crippen molar-refractivity contribution >= 4 is 5.97 Å². The van der Waals surface area contributed by atoms with Gasteiger partial charge in [-0.1, -0.05) is 6.07 Å². The Bertz CT molecular complexity index is 473. The summed E-state index contributed by atoms with van der Waals surface area (Å²) in [5.41, 5.74) is 7.85. The van der Waals surface area contributed by atoms with Crippen LogP contribution in [0.5, 0.6) is 11.5 Å². The van der Waals surface area contributed by atoms with Crippen LogP contribution in [0, 0.1) is 0 Å². The van der Waals surface area contributed by atoms with E-state index >= 15 is 0 Å². The molecule has 1 aromatic carbocycles. The molecule has 19 heavy (non-hydrogen) atoms. The lowest BCUT2D eigenvalue weighted by Gasteiger charge is -2.10. The lowest BCUT2D eigenvalue weighted by molar-refractivity contribution is -0.140. The molecule has 1 aliphatic rings. The first kappa shape index (κ1) is 13.7. The van der Waals surface area contributed by atoms with Crippen molar-refractivity contribution in [2.75, 3.05) is 13.7 Å². The number of phenols is 1. The Balaban J connectivity index is 1.92. The van der Waals surface area contributed by atoms with Crippen molar-refractivity contribution in [1.82, 2.24) is 0 Å². The van der Waals surface area contributed by atoms with Gasteiger partial charge < -0.3 is 20.3 Å². The molecule has 5 nitrogen and oxygen atoms in total.